The summed E-state index contributed by atoms with van der Waals surface area (Å²) in [5.41, 5.74) is 4.75. The van der Waals surface area contributed by atoms with Gasteiger partial charge >= 0.3 is 0 Å². The number of nitrogens with two attached hydrogens (primary N) is 1. The second kappa shape index (κ2) is 2.23. The molecule has 1 saturated carbocycles. The Labute approximate surface area is 67.5 Å². The van der Waals surface area contributed by atoms with Crippen molar-refractivity contribution in [3.8, 4) is 0 Å². The number of rotatable bonds is 2. The fourth-order valence-corrected chi connectivity index (χ4v) is 1.10. The van der Waals surface area contributed by atoms with Crippen molar-refractivity contribution in [3.05, 3.63) is 15.9 Å². The molecule has 0 unspecified atom stereocenters. The first kappa shape index (κ1) is 7.15. The number of carbonyl (C=O) groups excluding carboxylic acids is 1. The van der Waals surface area contributed by atoms with Crippen molar-refractivity contribution >= 4 is 11.7 Å². The molecule has 0 saturated heterocycles. The number of H-pyrrole nitrogens is 1. The van der Waals surface area contributed by atoms with Crippen LogP contribution in [-0.2, 0) is 0 Å². The Morgan fingerprint density at radius 1 is 1.58 bits per heavy atom. The van der Waals surface area contributed by atoms with E-state index in [0.29, 0.717) is 0 Å². The van der Waals surface area contributed by atoms with Gasteiger partial charge in [-0.1, -0.05) is 0 Å². The molecular formula is C7H8N2O3. The highest BCUT2D eigenvalue weighted by molar-refractivity contribution is 6.02. The molecule has 0 aromatic carbocycles. The molecule has 0 amide bonds. The van der Waals surface area contributed by atoms with Crippen molar-refractivity contribution in [1.82, 2.24) is 5.16 Å². The second-order valence-corrected chi connectivity index (χ2v) is 2.91. The van der Waals surface area contributed by atoms with E-state index in [0.717, 1.165) is 12.8 Å². The van der Waals surface area contributed by atoms with Crippen molar-refractivity contribution in [2.75, 3.05) is 5.73 Å². The Hall–Kier alpha value is -1.52. The van der Waals surface area contributed by atoms with Crippen LogP contribution in [0.2, 0.25) is 0 Å². The summed E-state index contributed by atoms with van der Waals surface area (Å²) in [4.78, 5) is 22.3. The van der Waals surface area contributed by atoms with E-state index < -0.39 is 5.56 Å². The average molecular weight is 168 g/mol. The van der Waals surface area contributed by atoms with Gasteiger partial charge in [0, 0.05) is 5.92 Å². The zero-order valence-electron chi connectivity index (χ0n) is 6.29. The van der Waals surface area contributed by atoms with Gasteiger partial charge in [0.25, 0.3) is 5.56 Å². The van der Waals surface area contributed by atoms with Crippen LogP contribution in [0.1, 0.15) is 23.2 Å². The van der Waals surface area contributed by atoms with Gasteiger partial charge in [0.15, 0.2) is 5.78 Å². The summed E-state index contributed by atoms with van der Waals surface area (Å²) < 4.78 is 4.51. The number of hydrogen-bond acceptors (Lipinski definition) is 4. The quantitative estimate of drug-likeness (QED) is 0.615. The van der Waals surface area contributed by atoms with Gasteiger partial charge < -0.3 is 10.3 Å². The average Bonchev–Trinajstić information content (AvgIpc) is 2.79. The van der Waals surface area contributed by atoms with Gasteiger partial charge in [-0.05, 0) is 12.8 Å². The van der Waals surface area contributed by atoms with Crippen LogP contribution in [0.25, 0.3) is 0 Å². The predicted octanol–water partition coefficient (Wildman–Crippen LogP) is 0.143. The molecule has 3 N–H and O–H groups in total. The Morgan fingerprint density at radius 3 is 2.67 bits per heavy atom. The molecule has 1 fully saturated rings. The number of aromatic amines is 1. The highest BCUT2D eigenvalue weighted by atomic mass is 16.5. The lowest BCUT2D eigenvalue weighted by atomic mass is 10.1. The molecule has 1 aliphatic rings. The minimum Gasteiger partial charge on any atom is -0.367 e. The number of carbonyl (C=O) groups is 1. The van der Waals surface area contributed by atoms with Crippen molar-refractivity contribution in [2.45, 2.75) is 12.8 Å². The molecule has 0 atom stereocenters. The van der Waals surface area contributed by atoms with Gasteiger partial charge in [0.05, 0.1) is 0 Å². The smallest absolute Gasteiger partial charge is 0.293 e. The molecule has 1 aromatic rings. The highest BCUT2D eigenvalue weighted by Crippen LogP contribution is 2.32. The number of nitrogen functional groups attached to an aromatic ring is 1. The third kappa shape index (κ3) is 0.939. The lowest BCUT2D eigenvalue weighted by Crippen LogP contribution is -2.15. The van der Waals surface area contributed by atoms with Crippen LogP contribution in [0.5, 0.6) is 0 Å². The fourth-order valence-electron chi connectivity index (χ4n) is 1.10. The first-order chi connectivity index (χ1) is 5.70. The summed E-state index contributed by atoms with van der Waals surface area (Å²) in [6.45, 7) is 0. The lowest BCUT2D eigenvalue weighted by Gasteiger charge is -1.90. The Morgan fingerprint density at radius 2 is 2.25 bits per heavy atom. The summed E-state index contributed by atoms with van der Waals surface area (Å²) in [6, 6.07) is 0. The van der Waals surface area contributed by atoms with Crippen molar-refractivity contribution in [3.63, 3.8) is 0 Å². The van der Waals surface area contributed by atoms with Gasteiger partial charge in [-0.25, -0.2) is 0 Å². The highest BCUT2D eigenvalue weighted by Gasteiger charge is 2.34. The van der Waals surface area contributed by atoms with Gasteiger partial charge in [-0.2, -0.15) is 5.16 Å². The zero-order valence-corrected chi connectivity index (χ0v) is 6.29. The molecule has 5 heteroatoms. The Bertz CT molecular complexity index is 372. The lowest BCUT2D eigenvalue weighted by molar-refractivity contribution is 0.0967. The largest absolute Gasteiger partial charge is 0.367 e. The van der Waals surface area contributed by atoms with Crippen LogP contribution < -0.4 is 11.3 Å². The minimum absolute atomic E-state index is 0.00833. The number of anilines is 1. The molecule has 1 heterocycles. The van der Waals surface area contributed by atoms with Gasteiger partial charge in [-0.3, -0.25) is 9.59 Å². The van der Waals surface area contributed by atoms with E-state index in [1.165, 1.54) is 0 Å². The molecule has 0 spiro atoms. The summed E-state index contributed by atoms with van der Waals surface area (Å²) in [7, 11) is 0. The number of ketones is 1. The van der Waals surface area contributed by atoms with E-state index in [1.54, 1.807) is 0 Å². The SMILES string of the molecule is Nc1o[nH]c(=O)c1C(=O)C1CC1. The van der Waals surface area contributed by atoms with E-state index in [2.05, 4.69) is 4.52 Å². The second-order valence-electron chi connectivity index (χ2n) is 2.91. The zero-order chi connectivity index (χ0) is 8.72. The summed E-state index contributed by atoms with van der Waals surface area (Å²) in [5.74, 6) is -0.301. The number of hydrogen-bond donors (Lipinski definition) is 2. The topological polar surface area (TPSA) is 89.1 Å². The summed E-state index contributed by atoms with van der Waals surface area (Å²) >= 11 is 0. The fraction of sp³-hybridized carbons (Fsp3) is 0.429. The maximum Gasteiger partial charge on any atom is 0.293 e. The summed E-state index contributed by atoms with van der Waals surface area (Å²) in [5, 5.41) is 2.02. The van der Waals surface area contributed by atoms with E-state index in [1.807, 2.05) is 5.16 Å². The third-order valence-corrected chi connectivity index (χ3v) is 1.92. The van der Waals surface area contributed by atoms with Crippen molar-refractivity contribution in [1.29, 1.82) is 0 Å². The van der Waals surface area contributed by atoms with Crippen LogP contribution in [0, 0.1) is 5.92 Å². The maximum absolute atomic E-state index is 11.3. The van der Waals surface area contributed by atoms with Gasteiger partial charge in [0.1, 0.15) is 5.56 Å². The number of Topliss-reactive ketones (excluding diaryl/α,β-unsaturated/α-hetero) is 1. The normalized spacial score (nSPS) is 16.3. The van der Waals surface area contributed by atoms with Gasteiger partial charge in [0.2, 0.25) is 5.88 Å². The molecule has 0 bridgehead atoms. The molecule has 5 nitrogen and oxygen atoms in total. The van der Waals surface area contributed by atoms with E-state index in [9.17, 15) is 9.59 Å². The van der Waals surface area contributed by atoms with Crippen molar-refractivity contribution in [2.24, 2.45) is 5.92 Å². The van der Waals surface area contributed by atoms with Crippen LogP contribution in [-0.4, -0.2) is 10.9 Å². The van der Waals surface area contributed by atoms with Crippen molar-refractivity contribution < 1.29 is 9.32 Å². The Balaban J connectivity index is 2.43. The number of aromatic nitrogens is 1. The van der Waals surface area contributed by atoms with E-state index in [-0.39, 0.29) is 23.1 Å². The third-order valence-electron chi connectivity index (χ3n) is 1.92. The first-order valence-corrected chi connectivity index (χ1v) is 3.71. The maximum atomic E-state index is 11.3. The molecule has 64 valence electrons. The molecule has 1 aromatic heterocycles. The number of nitrogens with one attached hydrogen (secondary N) is 1. The first-order valence-electron chi connectivity index (χ1n) is 3.71. The van der Waals surface area contributed by atoms with E-state index in [4.69, 9.17) is 5.73 Å². The minimum atomic E-state index is -0.524. The molecular weight excluding hydrogens is 160 g/mol. The van der Waals surface area contributed by atoms with Crippen LogP contribution in [0.15, 0.2) is 9.32 Å². The summed E-state index contributed by atoms with van der Waals surface area (Å²) in [6.07, 6.45) is 1.70. The van der Waals surface area contributed by atoms with Crippen LogP contribution in [0.3, 0.4) is 0 Å². The standard InChI is InChI=1S/C7H8N2O3/c8-6-4(7(11)9-12-6)5(10)3-1-2-3/h3H,1-2,8H2,(H,9,11). The monoisotopic (exact) mass is 168 g/mol. The molecule has 0 aliphatic heterocycles. The van der Waals surface area contributed by atoms with E-state index >= 15 is 0 Å². The molecule has 0 radical (unpaired) electrons. The van der Waals surface area contributed by atoms with Gasteiger partial charge in [-0.15, -0.1) is 0 Å². The van der Waals surface area contributed by atoms with Crippen LogP contribution in [0.4, 0.5) is 5.88 Å². The molecule has 1 aliphatic carbocycles. The van der Waals surface area contributed by atoms with Crippen LogP contribution >= 0.6 is 0 Å². The molecule has 2 rings (SSSR count). The Kier molecular flexibility index (Phi) is 1.33. The molecule has 12 heavy (non-hydrogen) atoms. The predicted molar refractivity (Wildman–Crippen MR) is 40.8 cm³/mol.